The second-order valence-electron chi connectivity index (χ2n) is 3.48. The van der Waals surface area contributed by atoms with Crippen molar-refractivity contribution in [1.82, 2.24) is 4.90 Å². The van der Waals surface area contributed by atoms with Gasteiger partial charge in [0.05, 0.1) is 0 Å². The van der Waals surface area contributed by atoms with Gasteiger partial charge in [-0.05, 0) is 31.3 Å². The lowest BCUT2D eigenvalue weighted by atomic mass is 10.1. The first-order valence-corrected chi connectivity index (χ1v) is 4.35. The molecule has 0 saturated heterocycles. The molecule has 0 spiro atoms. The van der Waals surface area contributed by atoms with E-state index in [1.54, 1.807) is 0 Å². The molecule has 0 unspecified atom stereocenters. The first-order valence-electron chi connectivity index (χ1n) is 4.35. The fourth-order valence-corrected chi connectivity index (χ4v) is 1.26. The molecule has 4 N–H and O–H groups in total. The molecule has 0 heterocycles. The number of nitrogens with zero attached hydrogens (tertiary/aromatic N) is 1. The van der Waals surface area contributed by atoms with Crippen molar-refractivity contribution in [2.45, 2.75) is 13.1 Å². The van der Waals surface area contributed by atoms with Gasteiger partial charge in [0, 0.05) is 18.8 Å². The quantitative estimate of drug-likeness (QED) is 0.674. The maximum atomic E-state index is 5.86. The fourth-order valence-electron chi connectivity index (χ4n) is 1.26. The van der Waals surface area contributed by atoms with Gasteiger partial charge in [0.15, 0.2) is 0 Å². The summed E-state index contributed by atoms with van der Waals surface area (Å²) >= 11 is 0. The Morgan fingerprint density at radius 2 is 2.00 bits per heavy atom. The average Bonchev–Trinajstić information content (AvgIpc) is 2.08. The number of hydrogen-bond acceptors (Lipinski definition) is 3. The van der Waals surface area contributed by atoms with Gasteiger partial charge in [-0.3, -0.25) is 0 Å². The van der Waals surface area contributed by atoms with Crippen LogP contribution in [0.1, 0.15) is 11.1 Å². The van der Waals surface area contributed by atoms with E-state index in [1.807, 2.05) is 32.3 Å². The summed E-state index contributed by atoms with van der Waals surface area (Å²) < 4.78 is 0. The summed E-state index contributed by atoms with van der Waals surface area (Å²) in [6, 6.07) is 6.01. The Hall–Kier alpha value is -1.06. The molecule has 0 aliphatic carbocycles. The highest BCUT2D eigenvalue weighted by Crippen LogP contribution is 2.15. The van der Waals surface area contributed by atoms with Crippen molar-refractivity contribution in [3.8, 4) is 0 Å². The molecular weight excluding hydrogens is 162 g/mol. The van der Waals surface area contributed by atoms with Gasteiger partial charge in [-0.15, -0.1) is 0 Å². The van der Waals surface area contributed by atoms with Crippen molar-refractivity contribution in [2.24, 2.45) is 5.73 Å². The monoisotopic (exact) mass is 179 g/mol. The first-order chi connectivity index (χ1) is 6.13. The molecule has 0 aliphatic heterocycles. The number of benzene rings is 1. The van der Waals surface area contributed by atoms with Crippen molar-refractivity contribution in [1.29, 1.82) is 0 Å². The third-order valence-corrected chi connectivity index (χ3v) is 1.93. The van der Waals surface area contributed by atoms with E-state index in [4.69, 9.17) is 11.5 Å². The maximum absolute atomic E-state index is 5.86. The smallest absolute Gasteiger partial charge is 0.0362 e. The Labute approximate surface area is 79.3 Å². The standard InChI is InChI=1S/C10H17N3/c1-13(2)7-9-4-3-8(6-11)5-10(9)12/h3-5H,6-7,11-12H2,1-2H3. The molecule has 72 valence electrons. The van der Waals surface area contributed by atoms with Crippen molar-refractivity contribution < 1.29 is 0 Å². The van der Waals surface area contributed by atoms with Gasteiger partial charge in [-0.25, -0.2) is 0 Å². The molecule has 1 aromatic rings. The summed E-state index contributed by atoms with van der Waals surface area (Å²) in [5.74, 6) is 0. The van der Waals surface area contributed by atoms with Gasteiger partial charge in [0.2, 0.25) is 0 Å². The molecule has 3 nitrogen and oxygen atoms in total. The predicted octanol–water partition coefficient (Wildman–Crippen LogP) is 0.789. The van der Waals surface area contributed by atoms with Gasteiger partial charge in [-0.1, -0.05) is 12.1 Å². The van der Waals surface area contributed by atoms with Gasteiger partial charge >= 0.3 is 0 Å². The Morgan fingerprint density at radius 3 is 2.46 bits per heavy atom. The normalized spacial score (nSPS) is 10.8. The zero-order valence-electron chi connectivity index (χ0n) is 8.25. The summed E-state index contributed by atoms with van der Waals surface area (Å²) in [5.41, 5.74) is 14.4. The zero-order valence-corrected chi connectivity index (χ0v) is 8.25. The molecular formula is C10H17N3. The summed E-state index contributed by atoms with van der Waals surface area (Å²) in [6.07, 6.45) is 0. The van der Waals surface area contributed by atoms with Crippen LogP contribution in [0.15, 0.2) is 18.2 Å². The fraction of sp³-hybridized carbons (Fsp3) is 0.400. The van der Waals surface area contributed by atoms with Crippen LogP contribution in [0.25, 0.3) is 0 Å². The van der Waals surface area contributed by atoms with Crippen molar-refractivity contribution in [3.05, 3.63) is 29.3 Å². The highest BCUT2D eigenvalue weighted by atomic mass is 15.0. The Bertz CT molecular complexity index is 281. The largest absolute Gasteiger partial charge is 0.398 e. The minimum Gasteiger partial charge on any atom is -0.398 e. The average molecular weight is 179 g/mol. The van der Waals surface area contributed by atoms with Crippen LogP contribution in [0.3, 0.4) is 0 Å². The third-order valence-electron chi connectivity index (χ3n) is 1.93. The molecule has 3 heteroatoms. The van der Waals surface area contributed by atoms with Crippen LogP contribution in [0.5, 0.6) is 0 Å². The van der Waals surface area contributed by atoms with E-state index in [9.17, 15) is 0 Å². The van der Waals surface area contributed by atoms with Crippen molar-refractivity contribution in [2.75, 3.05) is 19.8 Å². The van der Waals surface area contributed by atoms with Crippen molar-refractivity contribution >= 4 is 5.69 Å². The number of rotatable bonds is 3. The molecule has 0 bridgehead atoms. The lowest BCUT2D eigenvalue weighted by Gasteiger charge is -2.12. The van der Waals surface area contributed by atoms with Crippen molar-refractivity contribution in [3.63, 3.8) is 0 Å². The van der Waals surface area contributed by atoms with E-state index < -0.39 is 0 Å². The molecule has 0 atom stereocenters. The molecule has 0 aromatic heterocycles. The number of hydrogen-bond donors (Lipinski definition) is 2. The second kappa shape index (κ2) is 4.25. The third kappa shape index (κ3) is 2.72. The van der Waals surface area contributed by atoms with E-state index in [-0.39, 0.29) is 0 Å². The van der Waals surface area contributed by atoms with Gasteiger partial charge in [-0.2, -0.15) is 0 Å². The first kappa shape index (κ1) is 10.0. The minimum absolute atomic E-state index is 0.548. The van der Waals surface area contributed by atoms with Gasteiger partial charge < -0.3 is 16.4 Å². The van der Waals surface area contributed by atoms with E-state index in [1.165, 1.54) is 0 Å². The van der Waals surface area contributed by atoms with Crippen LogP contribution >= 0.6 is 0 Å². The highest BCUT2D eigenvalue weighted by Gasteiger charge is 2.00. The summed E-state index contributed by atoms with van der Waals surface area (Å²) in [6.45, 7) is 1.42. The molecule has 13 heavy (non-hydrogen) atoms. The molecule has 1 rings (SSSR count). The number of anilines is 1. The topological polar surface area (TPSA) is 55.3 Å². The Kier molecular flexibility index (Phi) is 3.28. The molecule has 0 radical (unpaired) electrons. The van der Waals surface area contributed by atoms with Gasteiger partial charge in [0.1, 0.15) is 0 Å². The maximum Gasteiger partial charge on any atom is 0.0362 e. The highest BCUT2D eigenvalue weighted by molar-refractivity contribution is 5.49. The summed E-state index contributed by atoms with van der Waals surface area (Å²) in [5, 5.41) is 0. The van der Waals surface area contributed by atoms with Crippen LogP contribution < -0.4 is 11.5 Å². The van der Waals surface area contributed by atoms with E-state index in [2.05, 4.69) is 4.90 Å². The Balaban J connectivity index is 2.85. The van der Waals surface area contributed by atoms with Crippen LogP contribution in [-0.2, 0) is 13.1 Å². The van der Waals surface area contributed by atoms with Crippen LogP contribution in [0, 0.1) is 0 Å². The minimum atomic E-state index is 0.548. The van der Waals surface area contributed by atoms with E-state index >= 15 is 0 Å². The zero-order chi connectivity index (χ0) is 9.84. The van der Waals surface area contributed by atoms with E-state index in [0.717, 1.165) is 23.4 Å². The summed E-state index contributed by atoms with van der Waals surface area (Å²) in [4.78, 5) is 2.09. The predicted molar refractivity (Wildman–Crippen MR) is 56.1 cm³/mol. The Morgan fingerprint density at radius 1 is 1.31 bits per heavy atom. The molecule has 0 amide bonds. The molecule has 1 aromatic carbocycles. The SMILES string of the molecule is CN(C)Cc1ccc(CN)cc1N. The van der Waals surface area contributed by atoms with Gasteiger partial charge in [0.25, 0.3) is 0 Å². The number of nitrogen functional groups attached to an aromatic ring is 1. The summed E-state index contributed by atoms with van der Waals surface area (Å²) in [7, 11) is 4.05. The van der Waals surface area contributed by atoms with Crippen LogP contribution in [0.4, 0.5) is 5.69 Å². The second-order valence-corrected chi connectivity index (χ2v) is 3.48. The van der Waals surface area contributed by atoms with Crippen LogP contribution in [-0.4, -0.2) is 19.0 Å². The molecule has 0 fully saturated rings. The molecule has 0 aliphatic rings. The molecule has 0 saturated carbocycles. The lowest BCUT2D eigenvalue weighted by molar-refractivity contribution is 0.403. The van der Waals surface area contributed by atoms with E-state index in [0.29, 0.717) is 6.54 Å². The van der Waals surface area contributed by atoms with Crippen LogP contribution in [0.2, 0.25) is 0 Å². The lowest BCUT2D eigenvalue weighted by Crippen LogP contribution is -2.12. The number of nitrogens with two attached hydrogens (primary N) is 2.